The molecule has 3 saturated carbocycles. The van der Waals surface area contributed by atoms with Gasteiger partial charge in [-0.15, -0.1) is 0 Å². The number of hydrogen-bond acceptors (Lipinski definition) is 13. The molecule has 1 aromatic rings. The van der Waals surface area contributed by atoms with Gasteiger partial charge in [0.1, 0.15) is 71.1 Å². The van der Waals surface area contributed by atoms with Crippen molar-refractivity contribution in [3.63, 3.8) is 0 Å². The standard InChI is InChI=1S/C73H107F7N12O13/c1-13-22-51-62(96)82-60(43(4)14-2)68(102)86(8)42-58(95)88(10)52-25-17-16-20-34-91(67(52)101)55(37-44-28-32-72(76,77)33-29-44)66(100)85(7)41-56(93)81-50(27-26-45-35-48(74)59(49(75)36-45)73(78,79)80)64(98)92-40-47(105-15-3)38-53(92)63(97)83-71(30-21-31-71)70(104)90(12)61(46-23-18-19-24-46)69(103)89(11)54(65(99)84(5)6)39-57(94)87(51)9/h16-17,35-36,43-44,46-47,50-55,60-61H,13-15,18-34,37-42H2,1-12H3,(H,81,93)(H,82,96)(H,83,97)/b17-16-/t43-,47+,50-,51-,52-,53-,54-,55-,60-,61-/m0/s1. The van der Waals surface area contributed by atoms with Gasteiger partial charge in [0, 0.05) is 95.3 Å². The van der Waals surface area contributed by atoms with Gasteiger partial charge in [0.05, 0.1) is 25.6 Å². The second kappa shape index (κ2) is 36.1. The van der Waals surface area contributed by atoms with E-state index < -0.39 is 223 Å². The van der Waals surface area contributed by atoms with Crippen LogP contribution in [0, 0.1) is 29.4 Å². The van der Waals surface area contributed by atoms with Crippen molar-refractivity contribution < 1.29 is 93.0 Å². The van der Waals surface area contributed by atoms with E-state index in [1.807, 2.05) is 0 Å². The van der Waals surface area contributed by atoms with Crippen molar-refractivity contribution in [3.05, 3.63) is 47.0 Å². The van der Waals surface area contributed by atoms with Crippen molar-refractivity contribution >= 4 is 70.9 Å². The number of benzene rings is 1. The number of rotatable bonds is 13. The number of likely N-dealkylation sites (N-methyl/N-ethyl adjacent to an activating group) is 7. The van der Waals surface area contributed by atoms with E-state index in [0.717, 1.165) is 29.4 Å². The van der Waals surface area contributed by atoms with Crippen molar-refractivity contribution in [1.29, 1.82) is 0 Å². The van der Waals surface area contributed by atoms with E-state index >= 15 is 37.5 Å². The van der Waals surface area contributed by atoms with Crippen LogP contribution in [0.5, 0.6) is 0 Å². The van der Waals surface area contributed by atoms with E-state index in [-0.39, 0.29) is 83.0 Å². The van der Waals surface area contributed by atoms with Crippen LogP contribution in [0.15, 0.2) is 24.3 Å². The Balaban J connectivity index is 1.33. The molecule has 25 nitrogen and oxygen atoms in total. The van der Waals surface area contributed by atoms with E-state index in [9.17, 15) is 50.7 Å². The molecule has 1 spiro atoms. The number of ether oxygens (including phenoxy) is 1. The van der Waals surface area contributed by atoms with Crippen LogP contribution in [0.3, 0.4) is 0 Å². The van der Waals surface area contributed by atoms with Gasteiger partial charge in [-0.2, -0.15) is 13.2 Å². The molecule has 2 saturated heterocycles. The highest BCUT2D eigenvalue weighted by molar-refractivity contribution is 6.01. The van der Waals surface area contributed by atoms with Gasteiger partial charge in [0.25, 0.3) is 0 Å². The number of nitrogens with zero attached hydrogens (tertiary/aromatic N) is 9. The molecule has 3 heterocycles. The molecule has 3 aliphatic heterocycles. The second-order valence-corrected chi connectivity index (χ2v) is 29.8. The Morgan fingerprint density at radius 2 is 1.31 bits per heavy atom. The zero-order valence-corrected chi connectivity index (χ0v) is 62.6. The van der Waals surface area contributed by atoms with Gasteiger partial charge in [0.2, 0.25) is 76.8 Å². The lowest BCUT2D eigenvalue weighted by molar-refractivity contribution is -0.157. The summed E-state index contributed by atoms with van der Waals surface area (Å²) in [5, 5.41) is 8.32. The number of amides is 12. The molecule has 5 fully saturated rings. The summed E-state index contributed by atoms with van der Waals surface area (Å²) in [6, 6.07) is -10.5. The first-order valence-corrected chi connectivity index (χ1v) is 36.8. The number of carbonyl (C=O) groups excluding carboxylic acids is 12. The highest BCUT2D eigenvalue weighted by atomic mass is 19.4. The summed E-state index contributed by atoms with van der Waals surface area (Å²) in [5.41, 5.74) is -4.23. The van der Waals surface area contributed by atoms with Crippen molar-refractivity contribution in [3.8, 4) is 0 Å². The molecule has 105 heavy (non-hydrogen) atoms. The Morgan fingerprint density at radius 1 is 0.686 bits per heavy atom. The molecule has 3 aliphatic carbocycles. The summed E-state index contributed by atoms with van der Waals surface area (Å²) in [4.78, 5) is 190. The highest BCUT2D eigenvalue weighted by Crippen LogP contribution is 2.41. The van der Waals surface area contributed by atoms with Crippen LogP contribution < -0.4 is 16.0 Å². The van der Waals surface area contributed by atoms with Crippen LogP contribution >= 0.6 is 0 Å². The largest absolute Gasteiger partial charge is 0.422 e. The Morgan fingerprint density at radius 3 is 1.89 bits per heavy atom. The van der Waals surface area contributed by atoms with Gasteiger partial charge >= 0.3 is 6.18 Å². The van der Waals surface area contributed by atoms with Crippen LogP contribution in [0.1, 0.15) is 167 Å². The van der Waals surface area contributed by atoms with Crippen molar-refractivity contribution in [2.75, 3.05) is 89.2 Å². The lowest BCUT2D eigenvalue weighted by atomic mass is 9.74. The van der Waals surface area contributed by atoms with Crippen LogP contribution in [-0.2, 0) is 74.9 Å². The number of alkyl halides is 5. The molecule has 10 atom stereocenters. The number of aryl methyl sites for hydroxylation is 1. The second-order valence-electron chi connectivity index (χ2n) is 29.8. The number of fused-ring (bicyclic) bond motifs is 3. The average molecular weight is 1490 g/mol. The molecule has 7 rings (SSSR count). The van der Waals surface area contributed by atoms with Gasteiger partial charge in [0.15, 0.2) is 0 Å². The third-order valence-electron chi connectivity index (χ3n) is 22.3. The van der Waals surface area contributed by atoms with Crippen molar-refractivity contribution in [2.24, 2.45) is 17.8 Å². The predicted molar refractivity (Wildman–Crippen MR) is 370 cm³/mol. The van der Waals surface area contributed by atoms with Crippen LogP contribution in [0.2, 0.25) is 0 Å². The first-order chi connectivity index (χ1) is 49.3. The number of nitrogens with one attached hydrogen (secondary N) is 3. The smallest absolute Gasteiger partial charge is 0.377 e. The number of halogens is 7. The Hall–Kier alpha value is -7.93. The zero-order chi connectivity index (χ0) is 77.9. The summed E-state index contributed by atoms with van der Waals surface area (Å²) >= 11 is 0. The molecule has 32 heteroatoms. The van der Waals surface area contributed by atoms with E-state index in [1.54, 1.807) is 39.8 Å². The normalized spacial score (nSPS) is 27.9. The van der Waals surface area contributed by atoms with Gasteiger partial charge in [-0.1, -0.05) is 58.6 Å². The molecule has 6 aliphatic rings. The first kappa shape index (κ1) is 84.3. The third-order valence-corrected chi connectivity index (χ3v) is 22.3. The average Bonchev–Trinajstić information content (AvgIpc) is 1.66. The van der Waals surface area contributed by atoms with E-state index in [4.69, 9.17) is 4.74 Å². The fraction of sp³-hybridized carbons (Fsp3) is 0.726. The van der Waals surface area contributed by atoms with Crippen molar-refractivity contribution in [1.82, 2.24) is 60.0 Å². The van der Waals surface area contributed by atoms with Crippen LogP contribution in [0.25, 0.3) is 0 Å². The lowest BCUT2D eigenvalue weighted by Crippen LogP contribution is -2.68. The molecule has 2 bridgehead atoms. The molecular formula is C73H107F7N12O13. The molecule has 1 aromatic carbocycles. The Bertz CT molecular complexity index is 3360. The summed E-state index contributed by atoms with van der Waals surface area (Å²) in [5.74, 6) is -18.1. The summed E-state index contributed by atoms with van der Waals surface area (Å²) in [7, 11) is 10.9. The minimum atomic E-state index is -5.44. The summed E-state index contributed by atoms with van der Waals surface area (Å²) in [6.07, 6.45) is -2.55. The van der Waals surface area contributed by atoms with E-state index in [1.165, 1.54) is 71.1 Å². The maximum atomic E-state index is 15.5. The number of carbonyl (C=O) groups is 12. The quantitative estimate of drug-likeness (QED) is 0.164. The minimum absolute atomic E-state index is 0.0544. The summed E-state index contributed by atoms with van der Waals surface area (Å²) in [6.45, 7) is 5.03. The van der Waals surface area contributed by atoms with E-state index in [0.29, 0.717) is 57.1 Å². The first-order valence-electron chi connectivity index (χ1n) is 36.8. The third kappa shape index (κ3) is 20.2. The molecule has 0 radical (unpaired) electrons. The highest BCUT2D eigenvalue weighted by Gasteiger charge is 2.54. The van der Waals surface area contributed by atoms with Crippen LogP contribution in [0.4, 0.5) is 30.7 Å². The molecule has 586 valence electrons. The topological polar surface area (TPSA) is 279 Å². The number of hydrogen-bond donors (Lipinski definition) is 3. The predicted octanol–water partition coefficient (Wildman–Crippen LogP) is 5.45. The molecule has 12 amide bonds. The Labute approximate surface area is 610 Å². The summed E-state index contributed by atoms with van der Waals surface area (Å²) < 4.78 is 107. The lowest BCUT2D eigenvalue weighted by Gasteiger charge is -2.46. The maximum Gasteiger partial charge on any atom is 0.422 e. The monoisotopic (exact) mass is 1490 g/mol. The van der Waals surface area contributed by atoms with Gasteiger partial charge in [-0.25, -0.2) is 17.6 Å². The van der Waals surface area contributed by atoms with Gasteiger partial charge in [-0.3, -0.25) is 57.5 Å². The SMILES string of the molecule is CCC[C@H]1C(=O)N[C@@H]([C@@H](C)CC)C(=O)N(C)CC(=O)N(C)[C@H]2C/C=C\CCN(C2=O)[C@@H](CC2CCC(F)(F)CC2)C(=O)N(C)CC(=O)N[C@@H](CCc2cc(F)c(C(F)(F)F)c(F)c2)C(=O)N2C[C@H](OCC)C[C@H]2C(=O)NC2(CCC2)C(=O)N(C)[C@@H](C2CCCC2)C(=O)N(C)[C@H](C(=O)N(C)C)CC(=O)N1C. The van der Waals surface area contributed by atoms with Crippen molar-refractivity contribution in [2.45, 2.75) is 235 Å². The fourth-order valence-corrected chi connectivity index (χ4v) is 15.6. The van der Waals surface area contributed by atoms with Crippen LogP contribution in [-0.4, -0.2) is 270 Å². The van der Waals surface area contributed by atoms with Gasteiger partial charge < -0.3 is 64.8 Å². The molecule has 0 unspecified atom stereocenters. The van der Waals surface area contributed by atoms with E-state index in [2.05, 4.69) is 16.0 Å². The Kier molecular flexibility index (Phi) is 29.0. The maximum absolute atomic E-state index is 15.5. The zero-order valence-electron chi connectivity index (χ0n) is 62.6. The molecular weight excluding hydrogens is 1390 g/mol. The molecule has 0 aromatic heterocycles. The van der Waals surface area contributed by atoms with Gasteiger partial charge in [-0.05, 0) is 126 Å². The fourth-order valence-electron chi connectivity index (χ4n) is 15.6. The minimum Gasteiger partial charge on any atom is -0.377 e. The molecule has 3 N–H and O–H groups in total.